The van der Waals surface area contributed by atoms with Crippen LogP contribution in [0.1, 0.15) is 61.5 Å². The van der Waals surface area contributed by atoms with Crippen molar-refractivity contribution in [1.82, 2.24) is 0 Å². The van der Waals surface area contributed by atoms with Crippen LogP contribution in [0.4, 0.5) is 10.7 Å². The number of methoxy groups -OCH3 is 2. The second-order valence-electron chi connectivity index (χ2n) is 8.44. The second-order valence-corrected chi connectivity index (χ2v) is 9.55. The number of ether oxygens (including phenoxy) is 4. The summed E-state index contributed by atoms with van der Waals surface area (Å²) < 4.78 is 26.1. The molecule has 2 amide bonds. The number of benzene rings is 1. The number of rotatable bonds is 10. The van der Waals surface area contributed by atoms with Crippen molar-refractivity contribution in [3.8, 4) is 11.5 Å². The Morgan fingerprint density at radius 2 is 1.72 bits per heavy atom. The molecule has 12 heteroatoms. The molecule has 2 heterocycles. The Morgan fingerprint density at radius 3 is 2.41 bits per heavy atom. The summed E-state index contributed by atoms with van der Waals surface area (Å²) in [4.78, 5) is 52.0. The number of carbonyl (C=O) groups excluding carboxylic acids is 4. The molecule has 2 N–H and O–H groups in total. The molecular formula is C27H28N2O9S. The zero-order chi connectivity index (χ0) is 27.9. The highest BCUT2D eigenvalue weighted by molar-refractivity contribution is 7.17. The first-order valence-electron chi connectivity index (χ1n) is 12.3. The molecule has 1 aromatic carbocycles. The highest BCUT2D eigenvalue weighted by Gasteiger charge is 2.28. The average molecular weight is 557 g/mol. The maximum absolute atomic E-state index is 13.0. The summed E-state index contributed by atoms with van der Waals surface area (Å²) in [5.41, 5.74) is 1.26. The Kier molecular flexibility index (Phi) is 8.87. The fourth-order valence-corrected chi connectivity index (χ4v) is 5.48. The first kappa shape index (κ1) is 27.7. The summed E-state index contributed by atoms with van der Waals surface area (Å²) >= 11 is 1.33. The van der Waals surface area contributed by atoms with Crippen LogP contribution in [0.2, 0.25) is 0 Å². The Balaban J connectivity index is 1.51. The van der Waals surface area contributed by atoms with E-state index in [9.17, 15) is 19.2 Å². The minimum absolute atomic E-state index is 0.0273. The number of hydrogen-bond acceptors (Lipinski definition) is 10. The predicted octanol–water partition coefficient (Wildman–Crippen LogP) is 4.46. The van der Waals surface area contributed by atoms with Gasteiger partial charge in [0.05, 0.1) is 43.9 Å². The molecule has 0 spiro atoms. The van der Waals surface area contributed by atoms with Gasteiger partial charge in [-0.25, -0.2) is 9.59 Å². The van der Waals surface area contributed by atoms with Gasteiger partial charge in [-0.05, 0) is 50.3 Å². The summed E-state index contributed by atoms with van der Waals surface area (Å²) in [7, 11) is 2.80. The second kappa shape index (κ2) is 12.5. The Bertz CT molecular complexity index is 1380. The third-order valence-corrected chi connectivity index (χ3v) is 7.18. The maximum atomic E-state index is 13.0. The van der Waals surface area contributed by atoms with Crippen LogP contribution >= 0.6 is 11.3 Å². The fourth-order valence-electron chi connectivity index (χ4n) is 4.19. The van der Waals surface area contributed by atoms with E-state index in [1.54, 1.807) is 13.0 Å². The standard InChI is InChI=1S/C27H28N2O9S/c1-4-36-27(33)23-15-8-5-6-10-21(15)39-25(23)29-22(30)14-38-26(32)16-12-19(34-2)20(35-3)13-17(16)28-24(31)18-9-7-11-37-18/h7,9,11-13H,4-6,8,10,14H2,1-3H3,(H,28,31)(H,29,30). The zero-order valence-corrected chi connectivity index (χ0v) is 22.5. The normalized spacial score (nSPS) is 12.2. The number of carbonyl (C=O) groups is 4. The molecule has 0 saturated heterocycles. The molecule has 0 atom stereocenters. The van der Waals surface area contributed by atoms with E-state index in [-0.39, 0.29) is 35.1 Å². The van der Waals surface area contributed by atoms with Crippen molar-refractivity contribution in [3.63, 3.8) is 0 Å². The highest BCUT2D eigenvalue weighted by atomic mass is 32.1. The highest BCUT2D eigenvalue weighted by Crippen LogP contribution is 2.39. The smallest absolute Gasteiger partial charge is 0.341 e. The fraction of sp³-hybridized carbons (Fsp3) is 0.333. The molecule has 0 unspecified atom stereocenters. The summed E-state index contributed by atoms with van der Waals surface area (Å²) in [6.45, 7) is 1.29. The first-order chi connectivity index (χ1) is 18.9. The van der Waals surface area contributed by atoms with E-state index in [0.717, 1.165) is 36.1 Å². The zero-order valence-electron chi connectivity index (χ0n) is 21.7. The van der Waals surface area contributed by atoms with E-state index >= 15 is 0 Å². The topological polar surface area (TPSA) is 142 Å². The summed E-state index contributed by atoms with van der Waals surface area (Å²) in [5.74, 6) is -2.12. The maximum Gasteiger partial charge on any atom is 0.341 e. The molecule has 0 bridgehead atoms. The molecule has 4 rings (SSSR count). The van der Waals surface area contributed by atoms with Crippen molar-refractivity contribution in [1.29, 1.82) is 0 Å². The number of hydrogen-bond donors (Lipinski definition) is 2. The van der Waals surface area contributed by atoms with Gasteiger partial charge >= 0.3 is 11.9 Å². The summed E-state index contributed by atoms with van der Waals surface area (Å²) in [6, 6.07) is 5.75. The van der Waals surface area contributed by atoms with Gasteiger partial charge in [-0.3, -0.25) is 9.59 Å². The van der Waals surface area contributed by atoms with Crippen molar-refractivity contribution >= 4 is 45.8 Å². The van der Waals surface area contributed by atoms with E-state index < -0.39 is 30.4 Å². The number of anilines is 2. The van der Waals surface area contributed by atoms with Gasteiger partial charge in [-0.15, -0.1) is 11.3 Å². The lowest BCUT2D eigenvalue weighted by Crippen LogP contribution is -2.23. The van der Waals surface area contributed by atoms with Crippen LogP contribution in [0.3, 0.4) is 0 Å². The Morgan fingerprint density at radius 1 is 0.974 bits per heavy atom. The van der Waals surface area contributed by atoms with E-state index in [0.29, 0.717) is 10.6 Å². The molecule has 206 valence electrons. The predicted molar refractivity (Wildman–Crippen MR) is 142 cm³/mol. The van der Waals surface area contributed by atoms with Crippen molar-refractivity contribution in [2.45, 2.75) is 32.6 Å². The van der Waals surface area contributed by atoms with Gasteiger partial charge in [0.15, 0.2) is 23.9 Å². The molecule has 1 aliphatic rings. The number of aryl methyl sites for hydroxylation is 1. The lowest BCUT2D eigenvalue weighted by atomic mass is 9.95. The van der Waals surface area contributed by atoms with E-state index in [2.05, 4.69) is 10.6 Å². The van der Waals surface area contributed by atoms with Crippen LogP contribution in [0, 0.1) is 0 Å². The molecule has 39 heavy (non-hydrogen) atoms. The lowest BCUT2D eigenvalue weighted by molar-refractivity contribution is -0.119. The van der Waals surface area contributed by atoms with Crippen molar-refractivity contribution in [2.24, 2.45) is 0 Å². The number of fused-ring (bicyclic) bond motifs is 1. The van der Waals surface area contributed by atoms with Crippen LogP contribution in [0.5, 0.6) is 11.5 Å². The third kappa shape index (κ3) is 6.23. The van der Waals surface area contributed by atoms with Crippen LogP contribution in [0.15, 0.2) is 34.9 Å². The number of nitrogens with one attached hydrogen (secondary N) is 2. The van der Waals surface area contributed by atoms with Gasteiger partial charge in [0.2, 0.25) is 0 Å². The molecule has 0 saturated carbocycles. The van der Waals surface area contributed by atoms with Gasteiger partial charge in [0.1, 0.15) is 5.00 Å². The van der Waals surface area contributed by atoms with Crippen LogP contribution in [0.25, 0.3) is 0 Å². The Labute approximate surface area is 228 Å². The Hall–Kier alpha value is -4.32. The van der Waals surface area contributed by atoms with Gasteiger partial charge < -0.3 is 34.0 Å². The van der Waals surface area contributed by atoms with Gasteiger partial charge in [0.25, 0.3) is 11.8 Å². The van der Waals surface area contributed by atoms with E-state index in [1.165, 1.54) is 50.0 Å². The summed E-state index contributed by atoms with van der Waals surface area (Å²) in [5, 5.41) is 5.66. The van der Waals surface area contributed by atoms with Gasteiger partial charge in [-0.2, -0.15) is 0 Å². The van der Waals surface area contributed by atoms with Crippen LogP contribution in [-0.2, 0) is 27.1 Å². The minimum Gasteiger partial charge on any atom is -0.493 e. The van der Waals surface area contributed by atoms with Crippen molar-refractivity contribution in [3.05, 3.63) is 57.9 Å². The molecule has 3 aromatic rings. The minimum atomic E-state index is -0.892. The van der Waals surface area contributed by atoms with E-state index in [1.807, 2.05) is 0 Å². The van der Waals surface area contributed by atoms with E-state index in [4.69, 9.17) is 23.4 Å². The summed E-state index contributed by atoms with van der Waals surface area (Å²) in [6.07, 6.45) is 4.85. The van der Waals surface area contributed by atoms with Gasteiger partial charge in [0, 0.05) is 17.0 Å². The molecule has 0 fully saturated rings. The SMILES string of the molecule is CCOC(=O)c1c(NC(=O)COC(=O)c2cc(OC)c(OC)cc2NC(=O)c2ccco2)sc2c1CCCC2. The number of amides is 2. The van der Waals surface area contributed by atoms with Crippen LogP contribution < -0.4 is 20.1 Å². The molecular weight excluding hydrogens is 528 g/mol. The molecule has 2 aromatic heterocycles. The van der Waals surface area contributed by atoms with Gasteiger partial charge in [-0.1, -0.05) is 0 Å². The number of furan rings is 1. The van der Waals surface area contributed by atoms with Crippen LogP contribution in [-0.4, -0.2) is 51.2 Å². The first-order valence-corrected chi connectivity index (χ1v) is 13.1. The lowest BCUT2D eigenvalue weighted by Gasteiger charge is -2.15. The number of thiophene rings is 1. The molecule has 1 aliphatic carbocycles. The quantitative estimate of drug-likeness (QED) is 0.346. The monoisotopic (exact) mass is 556 g/mol. The molecule has 0 radical (unpaired) electrons. The third-order valence-electron chi connectivity index (χ3n) is 5.97. The average Bonchev–Trinajstić information content (AvgIpc) is 3.60. The van der Waals surface area contributed by atoms with Crippen molar-refractivity contribution < 1.29 is 42.5 Å². The molecule has 11 nitrogen and oxygen atoms in total. The molecule has 0 aliphatic heterocycles. The number of esters is 2. The largest absolute Gasteiger partial charge is 0.493 e. The van der Waals surface area contributed by atoms with Crippen molar-refractivity contribution in [2.75, 3.05) is 38.1 Å².